The normalized spacial score (nSPS) is 12.2. The summed E-state index contributed by atoms with van der Waals surface area (Å²) >= 11 is 0. The molecule has 0 aromatic carbocycles. The van der Waals surface area contributed by atoms with Crippen LogP contribution >= 0.6 is 24.0 Å². The van der Waals surface area contributed by atoms with Gasteiger partial charge in [0, 0.05) is 18.8 Å². The van der Waals surface area contributed by atoms with Crippen LogP contribution in [0, 0.1) is 6.92 Å². The first-order chi connectivity index (χ1) is 13.6. The monoisotopic (exact) mass is 536 g/mol. The fraction of sp³-hybridized carbons (Fsp3) is 0.762. The third-order valence-electron chi connectivity index (χ3n) is 4.85. The number of hydrogen-bond acceptors (Lipinski definition) is 4. The van der Waals surface area contributed by atoms with Crippen LogP contribution in [0.3, 0.4) is 0 Å². The summed E-state index contributed by atoms with van der Waals surface area (Å²) in [5.41, 5.74) is 1.41. The summed E-state index contributed by atoms with van der Waals surface area (Å²) in [6.45, 7) is 15.8. The first kappa shape index (κ1) is 28.5. The van der Waals surface area contributed by atoms with Crippen LogP contribution in [0.25, 0.3) is 0 Å². The molecule has 0 fully saturated rings. The number of aliphatic imine (C=N–C) groups is 1. The molecule has 1 amide bonds. The topological polar surface area (TPSA) is 103 Å². The number of carbonyl (C=O) groups is 1. The van der Waals surface area contributed by atoms with E-state index in [1.807, 2.05) is 40.8 Å². The van der Waals surface area contributed by atoms with Crippen molar-refractivity contribution in [3.8, 4) is 0 Å². The van der Waals surface area contributed by atoms with E-state index in [1.54, 1.807) is 0 Å². The zero-order chi connectivity index (χ0) is 21.9. The molecule has 9 heteroatoms. The fourth-order valence-corrected chi connectivity index (χ4v) is 2.90. The van der Waals surface area contributed by atoms with Crippen molar-refractivity contribution in [2.45, 2.75) is 85.3 Å². The zero-order valence-electron chi connectivity index (χ0n) is 19.6. The number of aromatic nitrogens is 2. The smallest absolute Gasteiger partial charge is 0.408 e. The van der Waals surface area contributed by atoms with E-state index in [9.17, 15) is 4.79 Å². The summed E-state index contributed by atoms with van der Waals surface area (Å²) in [7, 11) is 0. The van der Waals surface area contributed by atoms with Crippen LogP contribution in [0.1, 0.15) is 72.1 Å². The molecule has 30 heavy (non-hydrogen) atoms. The van der Waals surface area contributed by atoms with Crippen molar-refractivity contribution in [3.63, 3.8) is 0 Å². The summed E-state index contributed by atoms with van der Waals surface area (Å²) < 4.78 is 5.44. The Bertz CT molecular complexity index is 650. The second-order valence-electron chi connectivity index (χ2n) is 8.36. The van der Waals surface area contributed by atoms with Gasteiger partial charge in [0.1, 0.15) is 5.60 Å². The minimum Gasteiger partial charge on any atom is -0.444 e. The molecule has 8 nitrogen and oxygen atoms in total. The number of rotatable bonds is 10. The number of hydrogen-bond donors (Lipinski definition) is 4. The second-order valence-corrected chi connectivity index (χ2v) is 8.36. The Morgan fingerprint density at radius 2 is 1.87 bits per heavy atom. The van der Waals surface area contributed by atoms with Gasteiger partial charge in [0.25, 0.3) is 0 Å². The molecule has 1 heterocycles. The summed E-state index contributed by atoms with van der Waals surface area (Å²) in [6.07, 6.45) is 4.96. The minimum absolute atomic E-state index is 0. The molecule has 4 N–H and O–H groups in total. The maximum Gasteiger partial charge on any atom is 0.408 e. The number of aromatic amines is 1. The Morgan fingerprint density at radius 3 is 2.37 bits per heavy atom. The van der Waals surface area contributed by atoms with Gasteiger partial charge < -0.3 is 20.7 Å². The van der Waals surface area contributed by atoms with Gasteiger partial charge >= 0.3 is 6.09 Å². The van der Waals surface area contributed by atoms with Crippen molar-refractivity contribution in [2.75, 3.05) is 19.6 Å². The van der Waals surface area contributed by atoms with Gasteiger partial charge in [-0.15, -0.1) is 24.0 Å². The number of halogens is 1. The van der Waals surface area contributed by atoms with E-state index in [4.69, 9.17) is 9.73 Å². The average Bonchev–Trinajstić information content (AvgIpc) is 3.05. The zero-order valence-corrected chi connectivity index (χ0v) is 22.0. The Labute approximate surface area is 198 Å². The highest BCUT2D eigenvalue weighted by Crippen LogP contribution is 2.17. The van der Waals surface area contributed by atoms with Crippen LogP contribution in [0.2, 0.25) is 0 Å². The van der Waals surface area contributed by atoms with Crippen molar-refractivity contribution in [1.82, 2.24) is 26.1 Å². The molecule has 0 spiro atoms. The van der Waals surface area contributed by atoms with Crippen LogP contribution in [-0.2, 0) is 11.2 Å². The molecule has 0 bridgehead atoms. The van der Waals surface area contributed by atoms with Gasteiger partial charge in [0.2, 0.25) is 0 Å². The lowest BCUT2D eigenvalue weighted by molar-refractivity contribution is 0.0452. The Morgan fingerprint density at radius 1 is 1.20 bits per heavy atom. The summed E-state index contributed by atoms with van der Waals surface area (Å²) in [5, 5.41) is 16.7. The highest BCUT2D eigenvalue weighted by molar-refractivity contribution is 14.0. The highest BCUT2D eigenvalue weighted by atomic mass is 127. The highest BCUT2D eigenvalue weighted by Gasteiger charge is 2.30. The summed E-state index contributed by atoms with van der Waals surface area (Å²) in [6, 6.07) is 0. The van der Waals surface area contributed by atoms with Crippen molar-refractivity contribution in [2.24, 2.45) is 4.99 Å². The maximum absolute atomic E-state index is 12.3. The molecular weight excluding hydrogens is 495 g/mol. The first-order valence-electron chi connectivity index (χ1n) is 10.7. The predicted octanol–water partition coefficient (Wildman–Crippen LogP) is 3.91. The Kier molecular flexibility index (Phi) is 13.0. The number of aryl methyl sites for hydroxylation is 2. The number of guanidine groups is 1. The average molecular weight is 537 g/mol. The third-order valence-corrected chi connectivity index (χ3v) is 4.85. The number of amides is 1. The number of carbonyl (C=O) groups excluding carboxylic acids is 1. The first-order valence-corrected chi connectivity index (χ1v) is 10.7. The molecule has 0 aliphatic heterocycles. The number of nitrogens with zero attached hydrogens (tertiary/aromatic N) is 2. The van der Waals surface area contributed by atoms with Gasteiger partial charge in [-0.3, -0.25) is 10.1 Å². The molecular formula is C21H41IN6O2. The van der Waals surface area contributed by atoms with Gasteiger partial charge in [0.15, 0.2) is 5.96 Å². The molecule has 0 saturated heterocycles. The number of ether oxygens (including phenoxy) is 1. The molecule has 0 aliphatic rings. The quantitative estimate of drug-likeness (QED) is 0.157. The van der Waals surface area contributed by atoms with Crippen LogP contribution in [-0.4, -0.2) is 53.0 Å². The predicted molar refractivity (Wildman–Crippen MR) is 134 cm³/mol. The molecule has 0 atom stereocenters. The summed E-state index contributed by atoms with van der Waals surface area (Å²) in [5.74, 6) is 0.758. The van der Waals surface area contributed by atoms with Gasteiger partial charge in [-0.1, -0.05) is 13.8 Å². The van der Waals surface area contributed by atoms with Crippen molar-refractivity contribution in [3.05, 3.63) is 17.5 Å². The van der Waals surface area contributed by atoms with Gasteiger partial charge in [-0.2, -0.15) is 5.10 Å². The van der Waals surface area contributed by atoms with Crippen molar-refractivity contribution >= 4 is 36.0 Å². The number of alkyl carbamates (subject to hydrolysis) is 1. The van der Waals surface area contributed by atoms with Gasteiger partial charge in [-0.25, -0.2) is 4.79 Å². The maximum atomic E-state index is 12.3. The lowest BCUT2D eigenvalue weighted by Gasteiger charge is -2.32. The molecule has 174 valence electrons. The van der Waals surface area contributed by atoms with E-state index in [0.717, 1.165) is 50.4 Å². The standard InChI is InChI=1S/C21H40N6O2.HI/c1-8-21(9-2,26-19(28)29-20(5,6)7)15-24-18(22-10-3)23-13-11-12-17-14-25-27-16(17)4;/h14H,8-13,15H2,1-7H3,(H,25,27)(H,26,28)(H2,22,23,24);1H. The molecule has 1 rings (SSSR count). The molecule has 1 aromatic rings. The van der Waals surface area contributed by atoms with Crippen LogP contribution in [0.15, 0.2) is 11.2 Å². The van der Waals surface area contributed by atoms with Crippen molar-refractivity contribution in [1.29, 1.82) is 0 Å². The van der Waals surface area contributed by atoms with E-state index < -0.39 is 17.2 Å². The lowest BCUT2D eigenvalue weighted by Crippen LogP contribution is -2.52. The number of nitrogens with one attached hydrogen (secondary N) is 4. The summed E-state index contributed by atoms with van der Waals surface area (Å²) in [4.78, 5) is 17.0. The molecule has 0 aliphatic carbocycles. The molecule has 1 aromatic heterocycles. The van der Waals surface area contributed by atoms with E-state index in [-0.39, 0.29) is 24.0 Å². The molecule has 0 unspecified atom stereocenters. The number of H-pyrrole nitrogens is 1. The van der Waals surface area contributed by atoms with Gasteiger partial charge in [0.05, 0.1) is 18.3 Å². The largest absolute Gasteiger partial charge is 0.444 e. The fourth-order valence-electron chi connectivity index (χ4n) is 2.90. The van der Waals surface area contributed by atoms with E-state index in [0.29, 0.717) is 6.54 Å². The van der Waals surface area contributed by atoms with Gasteiger partial charge in [-0.05, 0) is 65.9 Å². The van der Waals surface area contributed by atoms with E-state index in [2.05, 4.69) is 40.0 Å². The van der Waals surface area contributed by atoms with Crippen LogP contribution in [0.4, 0.5) is 4.79 Å². The Balaban J connectivity index is 0.00000841. The molecule has 0 saturated carbocycles. The second kappa shape index (κ2) is 13.7. The lowest BCUT2D eigenvalue weighted by atomic mass is 9.93. The minimum atomic E-state index is -0.523. The van der Waals surface area contributed by atoms with E-state index >= 15 is 0 Å². The van der Waals surface area contributed by atoms with Crippen molar-refractivity contribution < 1.29 is 9.53 Å². The van der Waals surface area contributed by atoms with Crippen LogP contribution in [0.5, 0.6) is 0 Å². The third kappa shape index (κ3) is 10.5. The Hall–Kier alpha value is -1.52. The molecule has 0 radical (unpaired) electrons. The van der Waals surface area contributed by atoms with Crippen LogP contribution < -0.4 is 16.0 Å². The van der Waals surface area contributed by atoms with E-state index in [1.165, 1.54) is 5.56 Å². The SMILES string of the molecule is CCNC(=NCC(CC)(CC)NC(=O)OC(C)(C)C)NCCCc1cn[nH]c1C.I.